The van der Waals surface area contributed by atoms with E-state index in [0.717, 1.165) is 24.4 Å². The summed E-state index contributed by atoms with van der Waals surface area (Å²) in [4.78, 5) is 21.4. The third kappa shape index (κ3) is 4.09. The van der Waals surface area contributed by atoms with E-state index in [9.17, 15) is 4.79 Å². The van der Waals surface area contributed by atoms with Gasteiger partial charge in [0.15, 0.2) is 17.3 Å². The second-order valence-electron chi connectivity index (χ2n) is 6.51. The van der Waals surface area contributed by atoms with Crippen molar-refractivity contribution < 1.29 is 19.1 Å². The molecule has 0 radical (unpaired) electrons. The van der Waals surface area contributed by atoms with Crippen LogP contribution in [0.2, 0.25) is 0 Å². The van der Waals surface area contributed by atoms with E-state index in [4.69, 9.17) is 14.2 Å². The maximum Gasteiger partial charge on any atom is 0.259 e. The summed E-state index contributed by atoms with van der Waals surface area (Å²) in [5.74, 6) is 2.56. The topological polar surface area (TPSA) is 77.9 Å². The number of nitrogens with zero attached hydrogens (tertiary/aromatic N) is 1. The number of quaternary nitrogens is 1. The average Bonchev–Trinajstić information content (AvgIpc) is 2.72. The third-order valence-corrected chi connectivity index (χ3v) is 4.81. The van der Waals surface area contributed by atoms with Crippen molar-refractivity contribution in [2.45, 2.75) is 20.0 Å². The van der Waals surface area contributed by atoms with E-state index in [1.165, 1.54) is 4.90 Å². The number of nitrogens with one attached hydrogen (secondary N) is 2. The highest BCUT2D eigenvalue weighted by Crippen LogP contribution is 2.29. The zero-order valence-corrected chi connectivity index (χ0v) is 16.7. The number of methoxy groups -OCH3 is 3. The van der Waals surface area contributed by atoms with Crippen LogP contribution in [0.15, 0.2) is 41.2 Å². The fourth-order valence-electron chi connectivity index (χ4n) is 3.27. The van der Waals surface area contributed by atoms with Crippen LogP contribution in [0.4, 0.5) is 0 Å². The number of ether oxygens (including phenoxy) is 3. The smallest absolute Gasteiger partial charge is 0.259 e. The largest absolute Gasteiger partial charge is 0.496 e. The zero-order valence-electron chi connectivity index (χ0n) is 16.7. The van der Waals surface area contributed by atoms with Gasteiger partial charge >= 0.3 is 0 Å². The van der Waals surface area contributed by atoms with Gasteiger partial charge < -0.3 is 24.1 Å². The molecule has 2 N–H and O–H groups in total. The molecule has 0 aliphatic heterocycles. The van der Waals surface area contributed by atoms with Gasteiger partial charge in [-0.3, -0.25) is 4.79 Å². The first-order valence-corrected chi connectivity index (χ1v) is 9.20. The Morgan fingerprint density at radius 3 is 2.32 bits per heavy atom. The van der Waals surface area contributed by atoms with Crippen molar-refractivity contribution in [1.29, 1.82) is 0 Å². The number of fused-ring (bicyclic) bond motifs is 1. The molecule has 28 heavy (non-hydrogen) atoms. The van der Waals surface area contributed by atoms with Gasteiger partial charge in [0, 0.05) is 11.6 Å². The molecule has 1 heterocycles. The van der Waals surface area contributed by atoms with E-state index in [-0.39, 0.29) is 5.56 Å². The minimum absolute atomic E-state index is 0.186. The minimum atomic E-state index is -0.186. The number of benzene rings is 2. The number of hydrogen-bond donors (Lipinski definition) is 2. The maximum atomic E-state index is 12.6. The predicted molar refractivity (Wildman–Crippen MR) is 107 cm³/mol. The summed E-state index contributed by atoms with van der Waals surface area (Å²) in [5, 5.41) is 0.476. The molecule has 1 atom stereocenters. The van der Waals surface area contributed by atoms with Gasteiger partial charge in [0.05, 0.1) is 38.8 Å². The zero-order chi connectivity index (χ0) is 20.1. The quantitative estimate of drug-likeness (QED) is 0.616. The Morgan fingerprint density at radius 1 is 0.964 bits per heavy atom. The average molecular weight is 384 g/mol. The van der Waals surface area contributed by atoms with Gasteiger partial charge in [-0.2, -0.15) is 0 Å². The molecular formula is C21H26N3O4+. The van der Waals surface area contributed by atoms with Crippen LogP contribution < -0.4 is 24.7 Å². The Balaban J connectivity index is 1.91. The Hall–Kier alpha value is -3.06. The highest BCUT2D eigenvalue weighted by molar-refractivity contribution is 5.81. The van der Waals surface area contributed by atoms with Crippen LogP contribution in [0.25, 0.3) is 10.9 Å². The fraction of sp³-hybridized carbons (Fsp3) is 0.333. The molecule has 0 fully saturated rings. The van der Waals surface area contributed by atoms with Gasteiger partial charge in [0.1, 0.15) is 18.8 Å². The molecule has 0 saturated carbocycles. The Morgan fingerprint density at radius 2 is 1.64 bits per heavy atom. The number of hydrogen-bond acceptors (Lipinski definition) is 5. The van der Waals surface area contributed by atoms with Crippen molar-refractivity contribution in [3.8, 4) is 17.2 Å². The first kappa shape index (κ1) is 19.7. The SMILES string of the molecule is CC[NH+](Cc1nc2cc(OC)c(OC)cc2c(=O)[nH]1)Cc1ccccc1OC. The molecule has 7 heteroatoms. The Labute approximate surface area is 163 Å². The molecule has 0 spiro atoms. The lowest BCUT2D eigenvalue weighted by Crippen LogP contribution is -3.09. The summed E-state index contributed by atoms with van der Waals surface area (Å²) in [7, 11) is 4.78. The van der Waals surface area contributed by atoms with Crippen molar-refractivity contribution in [3.63, 3.8) is 0 Å². The van der Waals surface area contributed by atoms with Crippen molar-refractivity contribution in [3.05, 3.63) is 58.1 Å². The third-order valence-electron chi connectivity index (χ3n) is 4.81. The van der Waals surface area contributed by atoms with E-state index in [1.807, 2.05) is 18.2 Å². The number of aromatic amines is 1. The first-order valence-electron chi connectivity index (χ1n) is 9.20. The Kier molecular flexibility index (Phi) is 6.16. The fourth-order valence-corrected chi connectivity index (χ4v) is 3.27. The summed E-state index contributed by atoms with van der Waals surface area (Å²) in [5.41, 5.74) is 1.52. The normalized spacial score (nSPS) is 12.0. The standard InChI is InChI=1S/C21H25N3O4/c1-5-24(12-14-8-6-7-9-17(14)26-2)13-20-22-16-11-19(28-4)18(27-3)10-15(16)21(25)23-20/h6-11H,5,12-13H2,1-4H3,(H,22,23,25)/p+1. The van der Waals surface area contributed by atoms with Gasteiger partial charge in [-0.05, 0) is 25.1 Å². The van der Waals surface area contributed by atoms with Crippen LogP contribution in [-0.4, -0.2) is 37.8 Å². The summed E-state index contributed by atoms with van der Waals surface area (Å²) < 4.78 is 16.1. The summed E-state index contributed by atoms with van der Waals surface area (Å²) in [6.45, 7) is 4.35. The van der Waals surface area contributed by atoms with Crippen molar-refractivity contribution in [1.82, 2.24) is 9.97 Å². The number of aromatic nitrogens is 2. The maximum absolute atomic E-state index is 12.6. The monoisotopic (exact) mass is 384 g/mol. The highest BCUT2D eigenvalue weighted by Gasteiger charge is 2.16. The lowest BCUT2D eigenvalue weighted by Gasteiger charge is -2.18. The molecule has 0 aliphatic rings. The van der Waals surface area contributed by atoms with Gasteiger partial charge in [-0.1, -0.05) is 12.1 Å². The van der Waals surface area contributed by atoms with E-state index in [1.54, 1.807) is 33.5 Å². The molecule has 0 amide bonds. The van der Waals surface area contributed by atoms with Gasteiger partial charge in [-0.25, -0.2) is 4.98 Å². The van der Waals surface area contributed by atoms with Crippen molar-refractivity contribution in [2.75, 3.05) is 27.9 Å². The molecule has 1 aromatic heterocycles. The van der Waals surface area contributed by atoms with Crippen LogP contribution in [0.3, 0.4) is 0 Å². The van der Waals surface area contributed by atoms with E-state index in [0.29, 0.717) is 34.8 Å². The van der Waals surface area contributed by atoms with Crippen LogP contribution in [0.1, 0.15) is 18.3 Å². The molecule has 0 saturated heterocycles. The second-order valence-corrected chi connectivity index (χ2v) is 6.51. The van der Waals surface area contributed by atoms with Crippen molar-refractivity contribution >= 4 is 10.9 Å². The summed E-state index contributed by atoms with van der Waals surface area (Å²) in [6, 6.07) is 11.4. The number of H-pyrrole nitrogens is 1. The van der Waals surface area contributed by atoms with Gasteiger partial charge in [0.25, 0.3) is 5.56 Å². The molecule has 0 bridgehead atoms. The van der Waals surface area contributed by atoms with Crippen molar-refractivity contribution in [2.24, 2.45) is 0 Å². The second kappa shape index (κ2) is 8.75. The molecule has 148 valence electrons. The molecule has 7 nitrogen and oxygen atoms in total. The molecule has 0 aliphatic carbocycles. The van der Waals surface area contributed by atoms with Gasteiger partial charge in [-0.15, -0.1) is 0 Å². The highest BCUT2D eigenvalue weighted by atomic mass is 16.5. The van der Waals surface area contributed by atoms with E-state index in [2.05, 4.69) is 23.0 Å². The number of para-hydroxylation sites is 1. The predicted octanol–water partition coefficient (Wildman–Crippen LogP) is 1.55. The van der Waals surface area contributed by atoms with Crippen LogP contribution in [-0.2, 0) is 13.1 Å². The first-order chi connectivity index (χ1) is 13.6. The lowest BCUT2D eigenvalue weighted by molar-refractivity contribution is -0.926. The number of rotatable bonds is 8. The Bertz CT molecular complexity index is 1020. The van der Waals surface area contributed by atoms with Gasteiger partial charge in [0.2, 0.25) is 0 Å². The van der Waals surface area contributed by atoms with Crippen LogP contribution in [0, 0.1) is 0 Å². The van der Waals surface area contributed by atoms with E-state index >= 15 is 0 Å². The van der Waals surface area contributed by atoms with Crippen LogP contribution >= 0.6 is 0 Å². The van der Waals surface area contributed by atoms with Crippen LogP contribution in [0.5, 0.6) is 17.2 Å². The molecule has 3 rings (SSSR count). The van der Waals surface area contributed by atoms with E-state index < -0.39 is 0 Å². The minimum Gasteiger partial charge on any atom is -0.496 e. The molecular weight excluding hydrogens is 358 g/mol. The summed E-state index contributed by atoms with van der Waals surface area (Å²) in [6.07, 6.45) is 0. The molecule has 1 unspecified atom stereocenters. The lowest BCUT2D eigenvalue weighted by atomic mass is 10.2. The molecule has 3 aromatic rings. The summed E-state index contributed by atoms with van der Waals surface area (Å²) >= 11 is 0. The molecule has 2 aromatic carbocycles.